The molecule has 0 atom stereocenters. The van der Waals surface area contributed by atoms with Crippen LogP contribution in [0.5, 0.6) is 0 Å². The smallest absolute Gasteiger partial charge is 0.0930 e. The van der Waals surface area contributed by atoms with Gasteiger partial charge in [0.05, 0.1) is 10.7 Å². The van der Waals surface area contributed by atoms with E-state index in [1.165, 1.54) is 43.1 Å². The fourth-order valence-electron chi connectivity index (χ4n) is 2.77. The molecule has 0 aliphatic carbocycles. The molecule has 0 spiro atoms. The lowest BCUT2D eigenvalue weighted by molar-refractivity contribution is 0.218. The summed E-state index contributed by atoms with van der Waals surface area (Å²) >= 11 is 1.95. The Bertz CT molecular complexity index is 367. The molecule has 1 aromatic rings. The van der Waals surface area contributed by atoms with Gasteiger partial charge in [0.1, 0.15) is 0 Å². The van der Waals surface area contributed by atoms with Crippen molar-refractivity contribution in [2.24, 2.45) is 5.73 Å². The van der Waals surface area contributed by atoms with Crippen molar-refractivity contribution in [2.75, 3.05) is 26.2 Å². The van der Waals surface area contributed by atoms with Gasteiger partial charge in [0.2, 0.25) is 0 Å². The summed E-state index contributed by atoms with van der Waals surface area (Å²) in [5.41, 5.74) is 6.89. The highest BCUT2D eigenvalue weighted by atomic mass is 32.1. The summed E-state index contributed by atoms with van der Waals surface area (Å²) < 4.78 is 0. The summed E-state index contributed by atoms with van der Waals surface area (Å²) in [4.78, 5) is 8.75. The molecule has 2 rings (SSSR count). The first kappa shape index (κ1) is 14.0. The van der Waals surface area contributed by atoms with Crippen molar-refractivity contribution in [3.05, 3.63) is 15.6 Å². The van der Waals surface area contributed by atoms with Gasteiger partial charge in [-0.1, -0.05) is 6.92 Å². The van der Waals surface area contributed by atoms with E-state index >= 15 is 0 Å². The third-order valence-corrected chi connectivity index (χ3v) is 5.12. The second-order valence-electron chi connectivity index (χ2n) is 5.21. The van der Waals surface area contributed by atoms with E-state index in [1.807, 2.05) is 11.3 Å². The van der Waals surface area contributed by atoms with Crippen molar-refractivity contribution in [3.8, 4) is 0 Å². The van der Waals surface area contributed by atoms with Gasteiger partial charge in [-0.3, -0.25) is 0 Å². The quantitative estimate of drug-likeness (QED) is 0.891. The van der Waals surface area contributed by atoms with E-state index in [-0.39, 0.29) is 0 Å². The van der Waals surface area contributed by atoms with Gasteiger partial charge in [-0.25, -0.2) is 4.98 Å². The predicted octanol–water partition coefficient (Wildman–Crippen LogP) is 2.54. The second-order valence-corrected chi connectivity index (χ2v) is 6.33. The lowest BCUT2D eigenvalue weighted by Crippen LogP contribution is -2.36. The summed E-state index contributed by atoms with van der Waals surface area (Å²) in [7, 11) is 0. The molecule has 0 bridgehead atoms. The third kappa shape index (κ3) is 3.31. The van der Waals surface area contributed by atoms with E-state index in [2.05, 4.69) is 18.7 Å². The van der Waals surface area contributed by atoms with Gasteiger partial charge < -0.3 is 10.6 Å². The molecule has 18 heavy (non-hydrogen) atoms. The first-order chi connectivity index (χ1) is 8.74. The first-order valence-corrected chi connectivity index (χ1v) is 7.94. The molecule has 1 saturated heterocycles. The molecule has 0 aromatic carbocycles. The maximum absolute atomic E-state index is 5.62. The number of hydrogen-bond donors (Lipinski definition) is 1. The second kappa shape index (κ2) is 6.64. The number of rotatable bonds is 5. The number of hydrogen-bond acceptors (Lipinski definition) is 4. The summed E-state index contributed by atoms with van der Waals surface area (Å²) in [5.74, 6) is 0.738. The predicted molar refractivity (Wildman–Crippen MR) is 78.3 cm³/mol. The summed E-state index contributed by atoms with van der Waals surface area (Å²) in [6, 6.07) is 0. The Morgan fingerprint density at radius 3 is 2.72 bits per heavy atom. The molecule has 1 fully saturated rings. The monoisotopic (exact) mass is 267 g/mol. The minimum absolute atomic E-state index is 0.738. The Balaban J connectivity index is 1.96. The van der Waals surface area contributed by atoms with E-state index in [0.29, 0.717) is 0 Å². The number of nitrogens with zero attached hydrogens (tertiary/aromatic N) is 2. The number of piperidine rings is 1. The van der Waals surface area contributed by atoms with E-state index in [9.17, 15) is 0 Å². The van der Waals surface area contributed by atoms with Crippen LogP contribution in [0.2, 0.25) is 0 Å². The minimum atomic E-state index is 0.738. The zero-order valence-electron chi connectivity index (χ0n) is 11.6. The van der Waals surface area contributed by atoms with Gasteiger partial charge in [-0.2, -0.15) is 0 Å². The van der Waals surface area contributed by atoms with Crippen molar-refractivity contribution in [1.82, 2.24) is 9.88 Å². The largest absolute Gasteiger partial charge is 0.329 e. The van der Waals surface area contributed by atoms with Gasteiger partial charge in [-0.15, -0.1) is 11.3 Å². The van der Waals surface area contributed by atoms with Crippen LogP contribution in [-0.4, -0.2) is 36.1 Å². The van der Waals surface area contributed by atoms with Crippen LogP contribution in [0.4, 0.5) is 0 Å². The molecular weight excluding hydrogens is 242 g/mol. The lowest BCUT2D eigenvalue weighted by atomic mass is 9.94. The van der Waals surface area contributed by atoms with Crippen LogP contribution in [0.25, 0.3) is 0 Å². The van der Waals surface area contributed by atoms with Crippen LogP contribution in [-0.2, 0) is 6.42 Å². The fraction of sp³-hybridized carbons (Fsp3) is 0.786. The SMILES string of the molecule is CCCc1nc(C)c(C2CCN(CCN)CC2)s1. The van der Waals surface area contributed by atoms with Crippen LogP contribution < -0.4 is 5.73 Å². The Labute approximate surface area is 114 Å². The lowest BCUT2D eigenvalue weighted by Gasteiger charge is -2.31. The molecule has 1 aliphatic rings. The third-order valence-electron chi connectivity index (χ3n) is 3.74. The van der Waals surface area contributed by atoms with Gasteiger partial charge >= 0.3 is 0 Å². The van der Waals surface area contributed by atoms with Crippen molar-refractivity contribution in [3.63, 3.8) is 0 Å². The topological polar surface area (TPSA) is 42.2 Å². The minimum Gasteiger partial charge on any atom is -0.329 e. The Hall–Kier alpha value is -0.450. The van der Waals surface area contributed by atoms with Crippen molar-refractivity contribution in [2.45, 2.75) is 45.4 Å². The highest BCUT2D eigenvalue weighted by molar-refractivity contribution is 7.11. The van der Waals surface area contributed by atoms with Gasteiger partial charge in [0.15, 0.2) is 0 Å². The molecule has 0 radical (unpaired) electrons. The zero-order chi connectivity index (χ0) is 13.0. The van der Waals surface area contributed by atoms with Gasteiger partial charge in [0.25, 0.3) is 0 Å². The van der Waals surface area contributed by atoms with Crippen LogP contribution in [0.3, 0.4) is 0 Å². The average Bonchev–Trinajstić information content (AvgIpc) is 2.72. The Kier molecular flexibility index (Phi) is 5.15. The van der Waals surface area contributed by atoms with E-state index < -0.39 is 0 Å². The normalized spacial score (nSPS) is 18.4. The number of aromatic nitrogens is 1. The van der Waals surface area contributed by atoms with E-state index in [0.717, 1.165) is 25.4 Å². The van der Waals surface area contributed by atoms with Crippen molar-refractivity contribution in [1.29, 1.82) is 0 Å². The highest BCUT2D eigenvalue weighted by Crippen LogP contribution is 2.34. The average molecular weight is 267 g/mol. The summed E-state index contributed by atoms with van der Waals surface area (Å²) in [6.07, 6.45) is 4.88. The molecule has 0 saturated carbocycles. The standard InChI is InChI=1S/C14H25N3S/c1-3-4-13-16-11(2)14(18-13)12-5-8-17(9-6-12)10-7-15/h12H,3-10,15H2,1-2H3. The molecule has 2 heterocycles. The zero-order valence-corrected chi connectivity index (χ0v) is 12.4. The van der Waals surface area contributed by atoms with Crippen LogP contribution in [0, 0.1) is 6.92 Å². The maximum atomic E-state index is 5.62. The van der Waals surface area contributed by atoms with Crippen molar-refractivity contribution < 1.29 is 0 Å². The van der Waals surface area contributed by atoms with E-state index in [1.54, 1.807) is 4.88 Å². The number of likely N-dealkylation sites (tertiary alicyclic amines) is 1. The first-order valence-electron chi connectivity index (χ1n) is 7.13. The number of thiazole rings is 1. The maximum Gasteiger partial charge on any atom is 0.0930 e. The highest BCUT2D eigenvalue weighted by Gasteiger charge is 2.23. The Morgan fingerprint density at radius 2 is 2.11 bits per heavy atom. The van der Waals surface area contributed by atoms with Crippen molar-refractivity contribution >= 4 is 11.3 Å². The van der Waals surface area contributed by atoms with Crippen LogP contribution in [0.1, 0.15) is 47.7 Å². The number of aryl methyl sites for hydroxylation is 2. The molecule has 3 nitrogen and oxygen atoms in total. The summed E-state index contributed by atoms with van der Waals surface area (Å²) in [6.45, 7) is 8.63. The molecule has 1 aromatic heterocycles. The van der Waals surface area contributed by atoms with Gasteiger partial charge in [-0.05, 0) is 51.6 Å². The summed E-state index contributed by atoms with van der Waals surface area (Å²) in [5, 5.41) is 1.33. The van der Waals surface area contributed by atoms with Crippen LogP contribution >= 0.6 is 11.3 Å². The van der Waals surface area contributed by atoms with E-state index in [4.69, 9.17) is 10.7 Å². The molecular formula is C14H25N3S. The molecule has 102 valence electrons. The van der Waals surface area contributed by atoms with Crippen LogP contribution in [0.15, 0.2) is 0 Å². The molecule has 0 unspecified atom stereocenters. The van der Waals surface area contributed by atoms with Gasteiger partial charge in [0, 0.05) is 18.0 Å². The molecule has 0 amide bonds. The molecule has 2 N–H and O–H groups in total. The fourth-order valence-corrected chi connectivity index (χ4v) is 4.10. The number of nitrogens with two attached hydrogens (primary N) is 1. The molecule has 4 heteroatoms. The Morgan fingerprint density at radius 1 is 1.39 bits per heavy atom. The molecule has 1 aliphatic heterocycles.